The van der Waals surface area contributed by atoms with Crippen LogP contribution >= 0.6 is 22.9 Å². The molecule has 0 atom stereocenters. The minimum Gasteiger partial charge on any atom is -0.351 e. The first-order valence-corrected chi connectivity index (χ1v) is 9.12. The molecule has 0 bridgehead atoms. The van der Waals surface area contributed by atoms with Gasteiger partial charge in [0.15, 0.2) is 0 Å². The van der Waals surface area contributed by atoms with Crippen molar-refractivity contribution in [2.75, 3.05) is 11.9 Å². The van der Waals surface area contributed by atoms with Crippen LogP contribution in [0.1, 0.15) is 39.9 Å². The van der Waals surface area contributed by atoms with Crippen LogP contribution in [0.5, 0.6) is 0 Å². The molecular weight excluding hydrogens is 344 g/mol. The fourth-order valence-electron chi connectivity index (χ4n) is 2.28. The summed E-state index contributed by atoms with van der Waals surface area (Å²) < 4.78 is 0. The lowest BCUT2D eigenvalue weighted by Crippen LogP contribution is -2.24. The number of amides is 2. The van der Waals surface area contributed by atoms with Crippen LogP contribution in [0.4, 0.5) is 5.69 Å². The Morgan fingerprint density at radius 2 is 1.92 bits per heavy atom. The van der Waals surface area contributed by atoms with E-state index in [-0.39, 0.29) is 11.8 Å². The lowest BCUT2D eigenvalue weighted by molar-refractivity contribution is -0.116. The summed E-state index contributed by atoms with van der Waals surface area (Å²) >= 11 is 7.31. The van der Waals surface area contributed by atoms with Crippen molar-refractivity contribution in [3.63, 3.8) is 0 Å². The molecule has 0 aliphatic carbocycles. The van der Waals surface area contributed by atoms with Crippen LogP contribution in [-0.2, 0) is 11.2 Å². The van der Waals surface area contributed by atoms with Gasteiger partial charge in [-0.15, -0.1) is 11.3 Å². The Morgan fingerprint density at radius 3 is 2.54 bits per heavy atom. The largest absolute Gasteiger partial charge is 0.351 e. The summed E-state index contributed by atoms with van der Waals surface area (Å²) in [5.41, 5.74) is 1.93. The first-order valence-electron chi connectivity index (χ1n) is 7.92. The zero-order chi connectivity index (χ0) is 17.5. The summed E-state index contributed by atoms with van der Waals surface area (Å²) in [5.74, 6) is -0.146. The molecule has 0 spiro atoms. The first-order chi connectivity index (χ1) is 11.5. The molecule has 0 aliphatic heterocycles. The highest BCUT2D eigenvalue weighted by Gasteiger charge is 2.11. The molecule has 0 unspecified atom stereocenters. The van der Waals surface area contributed by atoms with E-state index < -0.39 is 0 Å². The summed E-state index contributed by atoms with van der Waals surface area (Å²) in [4.78, 5) is 25.8. The van der Waals surface area contributed by atoms with Crippen LogP contribution in [0.15, 0.2) is 30.3 Å². The molecule has 1 aromatic carbocycles. The Kier molecular flexibility index (Phi) is 6.82. The van der Waals surface area contributed by atoms with Crippen molar-refractivity contribution in [3.8, 4) is 0 Å². The summed E-state index contributed by atoms with van der Waals surface area (Å²) in [6.07, 6.45) is 1.88. The summed E-state index contributed by atoms with van der Waals surface area (Å²) in [6.45, 7) is 4.59. The molecular formula is C18H21ClN2O2S. The molecule has 0 aliphatic rings. The van der Waals surface area contributed by atoms with Crippen LogP contribution in [0.25, 0.3) is 0 Å². The molecule has 0 saturated heterocycles. The van der Waals surface area contributed by atoms with Crippen molar-refractivity contribution in [2.24, 2.45) is 0 Å². The van der Waals surface area contributed by atoms with Gasteiger partial charge in [-0.2, -0.15) is 0 Å². The normalized spacial score (nSPS) is 10.5. The maximum Gasteiger partial charge on any atom is 0.261 e. The van der Waals surface area contributed by atoms with E-state index in [0.29, 0.717) is 24.4 Å². The number of carbonyl (C=O) groups is 2. The Bertz CT molecular complexity index is 710. The number of halogens is 1. The van der Waals surface area contributed by atoms with E-state index in [1.165, 1.54) is 21.8 Å². The van der Waals surface area contributed by atoms with Gasteiger partial charge in [0.25, 0.3) is 5.91 Å². The number of nitrogens with one attached hydrogen (secondary N) is 2. The van der Waals surface area contributed by atoms with Gasteiger partial charge >= 0.3 is 0 Å². The Hall–Kier alpha value is -1.85. The monoisotopic (exact) mass is 364 g/mol. The highest BCUT2D eigenvalue weighted by Crippen LogP contribution is 2.21. The molecule has 0 fully saturated rings. The van der Waals surface area contributed by atoms with Crippen molar-refractivity contribution >= 4 is 40.4 Å². The lowest BCUT2D eigenvalue weighted by Gasteiger charge is -2.06. The van der Waals surface area contributed by atoms with E-state index >= 15 is 0 Å². The standard InChI is InChI=1S/C18H21ClN2O2S/c1-3-13-11-16(24-12(13)2)18(23)20-10-4-5-17(22)21-15-8-6-14(19)7-9-15/h6-9,11H,3-5,10H2,1-2H3,(H,20,23)(H,21,22). The molecule has 2 N–H and O–H groups in total. The highest BCUT2D eigenvalue weighted by molar-refractivity contribution is 7.14. The fourth-order valence-corrected chi connectivity index (χ4v) is 3.43. The third-order valence-corrected chi connectivity index (χ3v) is 4.96. The van der Waals surface area contributed by atoms with Gasteiger partial charge in [0.2, 0.25) is 5.91 Å². The second-order valence-corrected chi connectivity index (χ2v) is 7.15. The molecule has 0 saturated carbocycles. The summed E-state index contributed by atoms with van der Waals surface area (Å²) in [6, 6.07) is 8.91. The maximum absolute atomic E-state index is 12.1. The third-order valence-electron chi connectivity index (χ3n) is 3.62. The Balaban J connectivity index is 1.70. The molecule has 24 heavy (non-hydrogen) atoms. The molecule has 4 nitrogen and oxygen atoms in total. The van der Waals surface area contributed by atoms with Crippen molar-refractivity contribution in [1.82, 2.24) is 5.32 Å². The van der Waals surface area contributed by atoms with Crippen molar-refractivity contribution in [3.05, 3.63) is 50.7 Å². The van der Waals surface area contributed by atoms with Crippen LogP contribution in [0, 0.1) is 6.92 Å². The predicted molar refractivity (Wildman–Crippen MR) is 100 cm³/mol. The second-order valence-electron chi connectivity index (χ2n) is 5.46. The van der Waals surface area contributed by atoms with Crippen molar-refractivity contribution in [2.45, 2.75) is 33.1 Å². The minimum absolute atomic E-state index is 0.0686. The van der Waals surface area contributed by atoms with E-state index in [1.54, 1.807) is 24.3 Å². The zero-order valence-electron chi connectivity index (χ0n) is 13.8. The number of carbonyl (C=O) groups excluding carboxylic acids is 2. The molecule has 1 aromatic heterocycles. The number of benzene rings is 1. The molecule has 6 heteroatoms. The van der Waals surface area contributed by atoms with E-state index in [0.717, 1.165) is 17.0 Å². The van der Waals surface area contributed by atoms with E-state index in [9.17, 15) is 9.59 Å². The van der Waals surface area contributed by atoms with Gasteiger partial charge in [0.1, 0.15) is 0 Å². The molecule has 1 heterocycles. The average Bonchev–Trinajstić information content (AvgIpc) is 2.94. The van der Waals surface area contributed by atoms with Gasteiger partial charge < -0.3 is 10.6 Å². The molecule has 2 aromatic rings. The quantitative estimate of drug-likeness (QED) is 0.714. The topological polar surface area (TPSA) is 58.2 Å². The van der Waals surface area contributed by atoms with Crippen LogP contribution in [0.2, 0.25) is 5.02 Å². The van der Waals surface area contributed by atoms with Crippen LogP contribution < -0.4 is 10.6 Å². The summed E-state index contributed by atoms with van der Waals surface area (Å²) in [5, 5.41) is 6.29. The number of rotatable bonds is 7. The number of thiophene rings is 1. The molecule has 128 valence electrons. The van der Waals surface area contributed by atoms with Gasteiger partial charge in [0, 0.05) is 28.6 Å². The Morgan fingerprint density at radius 1 is 1.21 bits per heavy atom. The second kappa shape index (κ2) is 8.85. The van der Waals surface area contributed by atoms with Crippen LogP contribution in [-0.4, -0.2) is 18.4 Å². The van der Waals surface area contributed by atoms with Gasteiger partial charge in [0.05, 0.1) is 4.88 Å². The zero-order valence-corrected chi connectivity index (χ0v) is 15.4. The van der Waals surface area contributed by atoms with E-state index in [1.807, 2.05) is 13.0 Å². The lowest BCUT2D eigenvalue weighted by atomic mass is 10.2. The van der Waals surface area contributed by atoms with Gasteiger partial charge in [-0.25, -0.2) is 0 Å². The predicted octanol–water partition coefficient (Wildman–Crippen LogP) is 4.42. The SMILES string of the molecule is CCc1cc(C(=O)NCCCC(=O)Nc2ccc(Cl)cc2)sc1C. The number of hydrogen-bond acceptors (Lipinski definition) is 3. The smallest absolute Gasteiger partial charge is 0.261 e. The fraction of sp³-hybridized carbons (Fsp3) is 0.333. The van der Waals surface area contributed by atoms with Gasteiger partial charge in [-0.05, 0) is 55.7 Å². The number of aryl methyl sites for hydroxylation is 2. The highest BCUT2D eigenvalue weighted by atomic mass is 35.5. The average molecular weight is 365 g/mol. The Labute approximate surface area is 151 Å². The van der Waals surface area contributed by atoms with E-state index in [2.05, 4.69) is 17.6 Å². The summed E-state index contributed by atoms with van der Waals surface area (Å²) in [7, 11) is 0. The molecule has 2 rings (SSSR count). The number of hydrogen-bond donors (Lipinski definition) is 2. The van der Waals surface area contributed by atoms with Crippen LogP contribution in [0.3, 0.4) is 0 Å². The maximum atomic E-state index is 12.1. The van der Waals surface area contributed by atoms with Gasteiger partial charge in [-0.3, -0.25) is 9.59 Å². The van der Waals surface area contributed by atoms with Gasteiger partial charge in [-0.1, -0.05) is 18.5 Å². The molecule has 2 amide bonds. The van der Waals surface area contributed by atoms with Crippen molar-refractivity contribution in [1.29, 1.82) is 0 Å². The van der Waals surface area contributed by atoms with E-state index in [4.69, 9.17) is 11.6 Å². The molecule has 0 radical (unpaired) electrons. The minimum atomic E-state index is -0.0770. The number of anilines is 1. The van der Waals surface area contributed by atoms with Crippen molar-refractivity contribution < 1.29 is 9.59 Å². The third kappa shape index (κ3) is 5.35. The first kappa shape index (κ1) is 18.5.